The van der Waals surface area contributed by atoms with E-state index in [1.165, 1.54) is 12.8 Å². The Hall–Kier alpha value is -1.71. The maximum absolute atomic E-state index is 11.9. The number of carbonyl (C=O) groups excluding carboxylic acids is 1. The van der Waals surface area contributed by atoms with Crippen LogP contribution in [0.15, 0.2) is 12.1 Å². The van der Waals surface area contributed by atoms with E-state index < -0.39 is 0 Å². The van der Waals surface area contributed by atoms with Gasteiger partial charge in [-0.05, 0) is 50.7 Å². The standard InChI is InChI=1S/C23H36O4/c1-6-7-8-9-13-26-21(25)11-10-12-22(2,3)18-15-20-17(14-19(18)24)16-23(4,5)27-20/h14-15,24H,6-13,16H2,1-5H3. The predicted molar refractivity (Wildman–Crippen MR) is 108 cm³/mol. The molecule has 2 rings (SSSR count). The van der Waals surface area contributed by atoms with E-state index in [0.717, 1.165) is 49.0 Å². The Morgan fingerprint density at radius 3 is 2.67 bits per heavy atom. The van der Waals surface area contributed by atoms with Crippen molar-refractivity contribution >= 4 is 5.97 Å². The molecular formula is C23H36O4. The number of esters is 1. The van der Waals surface area contributed by atoms with Crippen molar-refractivity contribution in [3.05, 3.63) is 23.3 Å². The van der Waals surface area contributed by atoms with E-state index in [1.54, 1.807) is 0 Å². The first-order valence-electron chi connectivity index (χ1n) is 10.4. The van der Waals surface area contributed by atoms with Crippen molar-refractivity contribution in [2.75, 3.05) is 6.61 Å². The Morgan fingerprint density at radius 1 is 1.22 bits per heavy atom. The lowest BCUT2D eigenvalue weighted by Crippen LogP contribution is -2.24. The maximum atomic E-state index is 11.9. The van der Waals surface area contributed by atoms with Crippen LogP contribution in [-0.4, -0.2) is 23.3 Å². The molecule has 1 N–H and O–H groups in total. The van der Waals surface area contributed by atoms with Crippen molar-refractivity contribution in [1.29, 1.82) is 0 Å². The number of unbranched alkanes of at least 4 members (excludes halogenated alkanes) is 3. The van der Waals surface area contributed by atoms with E-state index in [0.29, 0.717) is 18.8 Å². The predicted octanol–water partition coefficient (Wildman–Crippen LogP) is 5.68. The molecule has 1 aliphatic heterocycles. The molecule has 0 saturated carbocycles. The fourth-order valence-electron chi connectivity index (χ4n) is 3.78. The first kappa shape index (κ1) is 21.6. The van der Waals surface area contributed by atoms with Gasteiger partial charge in [-0.1, -0.05) is 40.0 Å². The third-order valence-electron chi connectivity index (χ3n) is 5.35. The van der Waals surface area contributed by atoms with E-state index in [9.17, 15) is 9.90 Å². The summed E-state index contributed by atoms with van der Waals surface area (Å²) < 4.78 is 11.3. The number of phenolic OH excluding ortho intramolecular Hbond substituents is 1. The van der Waals surface area contributed by atoms with Crippen molar-refractivity contribution in [2.24, 2.45) is 0 Å². The van der Waals surface area contributed by atoms with Gasteiger partial charge in [0, 0.05) is 24.0 Å². The molecule has 1 heterocycles. The van der Waals surface area contributed by atoms with Crippen LogP contribution in [0.5, 0.6) is 11.5 Å². The van der Waals surface area contributed by atoms with E-state index in [-0.39, 0.29) is 17.0 Å². The molecule has 152 valence electrons. The van der Waals surface area contributed by atoms with Gasteiger partial charge in [0.25, 0.3) is 0 Å². The smallest absolute Gasteiger partial charge is 0.305 e. The Balaban J connectivity index is 1.86. The Morgan fingerprint density at radius 2 is 1.96 bits per heavy atom. The normalized spacial score (nSPS) is 15.3. The maximum Gasteiger partial charge on any atom is 0.305 e. The highest BCUT2D eigenvalue weighted by Crippen LogP contribution is 2.43. The first-order chi connectivity index (χ1) is 12.6. The molecule has 0 radical (unpaired) electrons. The quantitative estimate of drug-likeness (QED) is 0.422. The molecule has 0 atom stereocenters. The molecule has 1 aromatic rings. The molecule has 0 spiro atoms. The number of phenols is 1. The van der Waals surface area contributed by atoms with Crippen molar-refractivity contribution in [2.45, 2.75) is 97.0 Å². The number of fused-ring (bicyclic) bond motifs is 1. The van der Waals surface area contributed by atoms with Crippen LogP contribution in [0.4, 0.5) is 0 Å². The molecule has 0 unspecified atom stereocenters. The minimum atomic E-state index is -0.239. The van der Waals surface area contributed by atoms with Gasteiger partial charge >= 0.3 is 5.97 Å². The van der Waals surface area contributed by atoms with Gasteiger partial charge in [-0.25, -0.2) is 0 Å². The van der Waals surface area contributed by atoms with Gasteiger partial charge in [0.05, 0.1) is 6.61 Å². The van der Waals surface area contributed by atoms with Gasteiger partial charge in [0.15, 0.2) is 0 Å². The minimum Gasteiger partial charge on any atom is -0.508 e. The lowest BCUT2D eigenvalue weighted by Gasteiger charge is -2.27. The fourth-order valence-corrected chi connectivity index (χ4v) is 3.78. The second kappa shape index (κ2) is 8.99. The molecule has 1 aromatic carbocycles. The molecule has 0 bridgehead atoms. The zero-order valence-corrected chi connectivity index (χ0v) is 17.7. The van der Waals surface area contributed by atoms with Crippen LogP contribution in [-0.2, 0) is 21.4 Å². The van der Waals surface area contributed by atoms with E-state index in [4.69, 9.17) is 9.47 Å². The van der Waals surface area contributed by atoms with E-state index >= 15 is 0 Å². The molecule has 4 heteroatoms. The summed E-state index contributed by atoms with van der Waals surface area (Å²) in [7, 11) is 0. The summed E-state index contributed by atoms with van der Waals surface area (Å²) in [4.78, 5) is 11.9. The number of benzene rings is 1. The second-order valence-corrected chi connectivity index (χ2v) is 9.03. The van der Waals surface area contributed by atoms with E-state index in [1.807, 2.05) is 12.1 Å². The summed E-state index contributed by atoms with van der Waals surface area (Å²) >= 11 is 0. The molecule has 0 aliphatic carbocycles. The Labute approximate surface area is 164 Å². The van der Waals surface area contributed by atoms with Crippen LogP contribution in [0.2, 0.25) is 0 Å². The lowest BCUT2D eigenvalue weighted by molar-refractivity contribution is -0.143. The molecule has 0 aromatic heterocycles. The summed E-state index contributed by atoms with van der Waals surface area (Å²) in [6.45, 7) is 11.0. The third kappa shape index (κ3) is 6.15. The van der Waals surface area contributed by atoms with E-state index in [2.05, 4.69) is 34.6 Å². The largest absolute Gasteiger partial charge is 0.508 e. The Bertz CT molecular complexity index is 646. The van der Waals surface area contributed by atoms with Gasteiger partial charge in [-0.15, -0.1) is 0 Å². The fraction of sp³-hybridized carbons (Fsp3) is 0.696. The van der Waals surface area contributed by atoms with Gasteiger partial charge in [-0.3, -0.25) is 4.79 Å². The average Bonchev–Trinajstić information content (AvgIpc) is 2.86. The summed E-state index contributed by atoms with van der Waals surface area (Å²) in [6, 6.07) is 3.82. The summed E-state index contributed by atoms with van der Waals surface area (Å²) in [5, 5.41) is 10.5. The SMILES string of the molecule is CCCCCCOC(=O)CCCC(C)(C)c1cc2c(cc1O)CC(C)(C)O2. The van der Waals surface area contributed by atoms with Crippen LogP contribution < -0.4 is 4.74 Å². The second-order valence-electron chi connectivity index (χ2n) is 9.03. The van der Waals surface area contributed by atoms with Gasteiger partial charge in [0.2, 0.25) is 0 Å². The van der Waals surface area contributed by atoms with Crippen LogP contribution >= 0.6 is 0 Å². The monoisotopic (exact) mass is 376 g/mol. The first-order valence-corrected chi connectivity index (χ1v) is 10.4. The highest BCUT2D eigenvalue weighted by Gasteiger charge is 2.33. The molecular weight excluding hydrogens is 340 g/mol. The molecule has 4 nitrogen and oxygen atoms in total. The van der Waals surface area contributed by atoms with Gasteiger partial charge < -0.3 is 14.6 Å². The zero-order valence-electron chi connectivity index (χ0n) is 17.7. The Kier molecular flexibility index (Phi) is 7.19. The number of hydrogen-bond donors (Lipinski definition) is 1. The van der Waals surface area contributed by atoms with Crippen LogP contribution in [0, 0.1) is 0 Å². The third-order valence-corrected chi connectivity index (χ3v) is 5.35. The van der Waals surface area contributed by atoms with Crippen molar-refractivity contribution in [1.82, 2.24) is 0 Å². The summed E-state index contributed by atoms with van der Waals surface area (Å²) in [5.74, 6) is 1.07. The number of rotatable bonds is 10. The number of ether oxygens (including phenoxy) is 2. The average molecular weight is 377 g/mol. The van der Waals surface area contributed by atoms with Crippen molar-refractivity contribution < 1.29 is 19.4 Å². The molecule has 27 heavy (non-hydrogen) atoms. The molecule has 0 fully saturated rings. The molecule has 0 amide bonds. The number of carbonyl (C=O) groups is 1. The van der Waals surface area contributed by atoms with Crippen molar-refractivity contribution in [3.63, 3.8) is 0 Å². The highest BCUT2D eigenvalue weighted by molar-refractivity contribution is 5.69. The van der Waals surface area contributed by atoms with Crippen LogP contribution in [0.1, 0.15) is 90.7 Å². The highest BCUT2D eigenvalue weighted by atomic mass is 16.5. The zero-order chi connectivity index (χ0) is 20.1. The minimum absolute atomic E-state index is 0.120. The van der Waals surface area contributed by atoms with Crippen LogP contribution in [0.3, 0.4) is 0 Å². The molecule has 0 saturated heterocycles. The van der Waals surface area contributed by atoms with Gasteiger partial charge in [-0.2, -0.15) is 0 Å². The number of hydrogen-bond acceptors (Lipinski definition) is 4. The van der Waals surface area contributed by atoms with Gasteiger partial charge in [0.1, 0.15) is 17.1 Å². The topological polar surface area (TPSA) is 55.8 Å². The van der Waals surface area contributed by atoms with Crippen LogP contribution in [0.25, 0.3) is 0 Å². The summed E-state index contributed by atoms with van der Waals surface area (Å²) in [5.41, 5.74) is 1.48. The molecule has 1 aliphatic rings. The van der Waals surface area contributed by atoms with Crippen molar-refractivity contribution in [3.8, 4) is 11.5 Å². The lowest BCUT2D eigenvalue weighted by atomic mass is 9.79. The summed E-state index contributed by atoms with van der Waals surface area (Å²) in [6.07, 6.45) is 7.21. The number of aromatic hydroxyl groups is 1.